The highest BCUT2D eigenvalue weighted by molar-refractivity contribution is 5.75. The van der Waals surface area contributed by atoms with Gasteiger partial charge in [0.05, 0.1) is 13.2 Å². The van der Waals surface area contributed by atoms with Gasteiger partial charge in [-0.3, -0.25) is 9.48 Å². The fraction of sp³-hybridized carbons (Fsp3) is 0.500. The maximum Gasteiger partial charge on any atom is 0.244 e. The van der Waals surface area contributed by atoms with Crippen molar-refractivity contribution in [2.45, 2.75) is 19.9 Å². The molecule has 7 nitrogen and oxygen atoms in total. The lowest BCUT2D eigenvalue weighted by molar-refractivity contribution is -0.132. The van der Waals surface area contributed by atoms with Crippen LogP contribution in [0.15, 0.2) is 30.9 Å². The van der Waals surface area contributed by atoms with Crippen molar-refractivity contribution in [2.24, 2.45) is 5.92 Å². The maximum absolute atomic E-state index is 12.5. The van der Waals surface area contributed by atoms with Gasteiger partial charge in [0.2, 0.25) is 5.91 Å². The highest BCUT2D eigenvalue weighted by Gasteiger charge is 2.23. The number of carbonyl (C=O) groups excluding carboxylic acids is 1. The molecule has 0 saturated carbocycles. The minimum absolute atomic E-state index is 0.0723. The first-order valence-corrected chi connectivity index (χ1v) is 7.81. The molecule has 0 aromatic carbocycles. The lowest BCUT2D eigenvalue weighted by Gasteiger charge is -2.23. The summed E-state index contributed by atoms with van der Waals surface area (Å²) >= 11 is 0. The number of amides is 1. The Morgan fingerprint density at radius 2 is 2.35 bits per heavy atom. The Balaban J connectivity index is 1.62. The highest BCUT2D eigenvalue weighted by Crippen LogP contribution is 2.13. The lowest BCUT2D eigenvalue weighted by Crippen LogP contribution is -2.38. The second-order valence-electron chi connectivity index (χ2n) is 5.84. The molecule has 0 bridgehead atoms. The van der Waals surface area contributed by atoms with E-state index in [1.165, 1.54) is 0 Å². The predicted molar refractivity (Wildman–Crippen MR) is 83.6 cm³/mol. The van der Waals surface area contributed by atoms with Crippen LogP contribution in [0.3, 0.4) is 0 Å². The number of aryl methyl sites for hydroxylation is 1. The van der Waals surface area contributed by atoms with E-state index in [0.717, 1.165) is 17.8 Å². The van der Waals surface area contributed by atoms with Crippen molar-refractivity contribution in [3.05, 3.63) is 42.2 Å². The SMILES string of the molecule is Cc1cc(C[C@@H]2COCCN(C(=O)Cn3cccn3)C2)ncn1. The van der Waals surface area contributed by atoms with Crippen molar-refractivity contribution in [2.75, 3.05) is 26.3 Å². The van der Waals surface area contributed by atoms with Gasteiger partial charge in [-0.25, -0.2) is 9.97 Å². The summed E-state index contributed by atoms with van der Waals surface area (Å²) < 4.78 is 7.32. The van der Waals surface area contributed by atoms with E-state index in [-0.39, 0.29) is 18.4 Å². The van der Waals surface area contributed by atoms with Gasteiger partial charge in [-0.15, -0.1) is 0 Å². The first kappa shape index (κ1) is 15.6. The number of carbonyl (C=O) groups is 1. The van der Waals surface area contributed by atoms with E-state index in [2.05, 4.69) is 15.1 Å². The van der Waals surface area contributed by atoms with Crippen LogP contribution >= 0.6 is 0 Å². The molecule has 2 aromatic rings. The summed E-state index contributed by atoms with van der Waals surface area (Å²) in [4.78, 5) is 22.8. The molecule has 0 radical (unpaired) electrons. The third kappa shape index (κ3) is 4.35. The van der Waals surface area contributed by atoms with Gasteiger partial charge in [0.15, 0.2) is 0 Å². The normalized spacial score (nSPS) is 18.7. The molecular weight excluding hydrogens is 294 g/mol. The number of aromatic nitrogens is 4. The van der Waals surface area contributed by atoms with E-state index in [4.69, 9.17) is 4.74 Å². The van der Waals surface area contributed by atoms with Gasteiger partial charge in [0.25, 0.3) is 0 Å². The standard InChI is InChI=1S/C16H21N5O2/c1-13-7-15(18-12-17-13)8-14-9-20(5-6-23-11-14)16(22)10-21-4-2-3-19-21/h2-4,7,12,14H,5-6,8-11H2,1H3/t14-/m0/s1. The molecular formula is C16H21N5O2. The van der Waals surface area contributed by atoms with Crippen LogP contribution < -0.4 is 0 Å². The summed E-state index contributed by atoms with van der Waals surface area (Å²) in [6.45, 7) is 4.75. The van der Waals surface area contributed by atoms with Crippen LogP contribution in [0.2, 0.25) is 0 Å². The van der Waals surface area contributed by atoms with Crippen LogP contribution in [0.5, 0.6) is 0 Å². The van der Waals surface area contributed by atoms with Crippen LogP contribution in [0, 0.1) is 12.8 Å². The van der Waals surface area contributed by atoms with Gasteiger partial charge in [-0.2, -0.15) is 5.10 Å². The molecule has 122 valence electrons. The van der Waals surface area contributed by atoms with Gasteiger partial charge < -0.3 is 9.64 Å². The lowest BCUT2D eigenvalue weighted by atomic mass is 10.0. The Bertz CT molecular complexity index is 644. The molecule has 3 rings (SSSR count). The number of nitrogens with zero attached hydrogens (tertiary/aromatic N) is 5. The molecule has 1 amide bonds. The van der Waals surface area contributed by atoms with E-state index >= 15 is 0 Å². The molecule has 1 atom stereocenters. The van der Waals surface area contributed by atoms with E-state index in [9.17, 15) is 4.79 Å². The molecule has 23 heavy (non-hydrogen) atoms. The highest BCUT2D eigenvalue weighted by atomic mass is 16.5. The van der Waals surface area contributed by atoms with E-state index < -0.39 is 0 Å². The van der Waals surface area contributed by atoms with E-state index in [1.54, 1.807) is 23.4 Å². The van der Waals surface area contributed by atoms with Crippen LogP contribution in [-0.2, 0) is 22.5 Å². The molecule has 0 spiro atoms. The molecule has 0 unspecified atom stereocenters. The summed E-state index contributed by atoms with van der Waals surface area (Å²) in [6, 6.07) is 3.81. The molecule has 0 aliphatic carbocycles. The van der Waals surface area contributed by atoms with Gasteiger partial charge in [-0.05, 0) is 25.5 Å². The van der Waals surface area contributed by atoms with Crippen molar-refractivity contribution in [3.63, 3.8) is 0 Å². The molecule has 1 fully saturated rings. The van der Waals surface area contributed by atoms with Crippen LogP contribution in [0.25, 0.3) is 0 Å². The molecule has 1 aliphatic rings. The Hall–Kier alpha value is -2.28. The monoisotopic (exact) mass is 315 g/mol. The second kappa shape index (κ2) is 7.32. The molecule has 1 aliphatic heterocycles. The number of hydrogen-bond acceptors (Lipinski definition) is 5. The van der Waals surface area contributed by atoms with E-state index in [1.807, 2.05) is 24.0 Å². The second-order valence-corrected chi connectivity index (χ2v) is 5.84. The minimum atomic E-state index is 0.0723. The van der Waals surface area contributed by atoms with E-state index in [0.29, 0.717) is 26.3 Å². The van der Waals surface area contributed by atoms with Crippen molar-refractivity contribution in [1.29, 1.82) is 0 Å². The summed E-state index contributed by atoms with van der Waals surface area (Å²) in [5.41, 5.74) is 1.95. The summed E-state index contributed by atoms with van der Waals surface area (Å²) in [7, 11) is 0. The first-order chi connectivity index (χ1) is 11.2. The van der Waals surface area contributed by atoms with Crippen LogP contribution in [-0.4, -0.2) is 56.9 Å². The fourth-order valence-electron chi connectivity index (χ4n) is 2.78. The van der Waals surface area contributed by atoms with Crippen molar-refractivity contribution < 1.29 is 9.53 Å². The zero-order chi connectivity index (χ0) is 16.1. The summed E-state index contributed by atoms with van der Waals surface area (Å²) in [5, 5.41) is 4.09. The third-order valence-corrected chi connectivity index (χ3v) is 3.91. The average molecular weight is 315 g/mol. The fourth-order valence-corrected chi connectivity index (χ4v) is 2.78. The van der Waals surface area contributed by atoms with Crippen LogP contribution in [0.1, 0.15) is 11.4 Å². The van der Waals surface area contributed by atoms with Gasteiger partial charge in [-0.1, -0.05) is 0 Å². The number of rotatable bonds is 4. The van der Waals surface area contributed by atoms with Crippen LogP contribution in [0.4, 0.5) is 0 Å². The first-order valence-electron chi connectivity index (χ1n) is 7.81. The number of ether oxygens (including phenoxy) is 1. The Labute approximate surface area is 135 Å². The summed E-state index contributed by atoms with van der Waals surface area (Å²) in [6.07, 6.45) is 5.85. The maximum atomic E-state index is 12.5. The zero-order valence-corrected chi connectivity index (χ0v) is 13.3. The predicted octanol–water partition coefficient (Wildman–Crippen LogP) is 0.699. The molecule has 0 N–H and O–H groups in total. The topological polar surface area (TPSA) is 73.1 Å². The molecule has 1 saturated heterocycles. The Morgan fingerprint density at radius 3 is 3.13 bits per heavy atom. The van der Waals surface area contributed by atoms with Gasteiger partial charge in [0.1, 0.15) is 12.9 Å². The average Bonchev–Trinajstić information content (AvgIpc) is 2.92. The smallest absolute Gasteiger partial charge is 0.244 e. The third-order valence-electron chi connectivity index (χ3n) is 3.91. The quantitative estimate of drug-likeness (QED) is 0.830. The number of hydrogen-bond donors (Lipinski definition) is 0. The zero-order valence-electron chi connectivity index (χ0n) is 13.3. The van der Waals surface area contributed by atoms with Crippen molar-refractivity contribution in [1.82, 2.24) is 24.6 Å². The molecule has 3 heterocycles. The Morgan fingerprint density at radius 1 is 1.43 bits per heavy atom. The van der Waals surface area contributed by atoms with Crippen molar-refractivity contribution >= 4 is 5.91 Å². The molecule has 2 aromatic heterocycles. The Kier molecular flexibility index (Phi) is 4.97. The minimum Gasteiger partial charge on any atom is -0.379 e. The van der Waals surface area contributed by atoms with Gasteiger partial charge in [0, 0.05) is 42.8 Å². The van der Waals surface area contributed by atoms with Crippen molar-refractivity contribution in [3.8, 4) is 0 Å². The molecule has 7 heteroatoms. The largest absolute Gasteiger partial charge is 0.379 e. The van der Waals surface area contributed by atoms with Gasteiger partial charge >= 0.3 is 0 Å². The summed E-state index contributed by atoms with van der Waals surface area (Å²) in [5.74, 6) is 0.316.